The van der Waals surface area contributed by atoms with E-state index < -0.39 is 6.36 Å². The third-order valence-corrected chi connectivity index (χ3v) is 2.99. The molecule has 1 fully saturated rings. The summed E-state index contributed by atoms with van der Waals surface area (Å²) in [6, 6.07) is 5.88. The molecular weight excluding hydrogens is 233 g/mol. The maximum absolute atomic E-state index is 11.9. The maximum Gasteiger partial charge on any atom is 0.573 e. The molecule has 0 spiro atoms. The number of alkyl halides is 3. The summed E-state index contributed by atoms with van der Waals surface area (Å²) in [5.41, 5.74) is 0.955. The van der Waals surface area contributed by atoms with Gasteiger partial charge in [-0.2, -0.15) is 0 Å². The Morgan fingerprint density at radius 1 is 1.12 bits per heavy atom. The van der Waals surface area contributed by atoms with Gasteiger partial charge in [-0.05, 0) is 42.9 Å². The van der Waals surface area contributed by atoms with Gasteiger partial charge in [-0.15, -0.1) is 13.2 Å². The first-order chi connectivity index (χ1) is 7.94. The average Bonchev–Trinajstić information content (AvgIpc) is 2.63. The van der Waals surface area contributed by atoms with Gasteiger partial charge in [0.05, 0.1) is 6.10 Å². The van der Waals surface area contributed by atoms with Crippen molar-refractivity contribution in [2.75, 3.05) is 0 Å². The molecule has 1 aliphatic rings. The highest BCUT2D eigenvalue weighted by atomic mass is 19.4. The molecule has 1 aliphatic carbocycles. The highest BCUT2D eigenvalue weighted by Crippen LogP contribution is 2.35. The van der Waals surface area contributed by atoms with Gasteiger partial charge >= 0.3 is 6.36 Å². The van der Waals surface area contributed by atoms with E-state index in [2.05, 4.69) is 4.74 Å². The van der Waals surface area contributed by atoms with Crippen LogP contribution in [0.5, 0.6) is 5.75 Å². The maximum atomic E-state index is 11.9. The van der Waals surface area contributed by atoms with E-state index in [1.807, 2.05) is 0 Å². The Kier molecular flexibility index (Phi) is 3.28. The van der Waals surface area contributed by atoms with Crippen molar-refractivity contribution >= 4 is 0 Å². The van der Waals surface area contributed by atoms with Crippen LogP contribution in [-0.4, -0.2) is 17.6 Å². The monoisotopic (exact) mass is 246 g/mol. The van der Waals surface area contributed by atoms with Crippen molar-refractivity contribution in [3.05, 3.63) is 29.8 Å². The number of halogens is 3. The van der Waals surface area contributed by atoms with Gasteiger partial charge in [-0.25, -0.2) is 0 Å². The summed E-state index contributed by atoms with van der Waals surface area (Å²) >= 11 is 0. The normalized spacial score (nSPS) is 24.9. The lowest BCUT2D eigenvalue weighted by Crippen LogP contribution is -2.17. The van der Waals surface area contributed by atoms with Crippen molar-refractivity contribution < 1.29 is 23.0 Å². The molecule has 2 unspecified atom stereocenters. The molecule has 5 heteroatoms. The van der Waals surface area contributed by atoms with Crippen LogP contribution in [0.3, 0.4) is 0 Å². The zero-order chi connectivity index (χ0) is 12.5. The molecule has 1 aromatic carbocycles. The van der Waals surface area contributed by atoms with Crippen molar-refractivity contribution in [2.24, 2.45) is 0 Å². The molecule has 1 aromatic rings. The van der Waals surface area contributed by atoms with Gasteiger partial charge in [0.15, 0.2) is 0 Å². The third-order valence-electron chi connectivity index (χ3n) is 2.99. The molecule has 17 heavy (non-hydrogen) atoms. The minimum absolute atomic E-state index is 0.209. The molecule has 2 rings (SSSR count). The number of rotatable bonds is 2. The first-order valence-electron chi connectivity index (χ1n) is 5.48. The fourth-order valence-corrected chi connectivity index (χ4v) is 2.20. The summed E-state index contributed by atoms with van der Waals surface area (Å²) in [7, 11) is 0. The minimum atomic E-state index is -4.65. The summed E-state index contributed by atoms with van der Waals surface area (Å²) < 4.78 is 39.6. The molecule has 0 aliphatic heterocycles. The van der Waals surface area contributed by atoms with Gasteiger partial charge < -0.3 is 9.84 Å². The molecule has 0 radical (unpaired) electrons. The second kappa shape index (κ2) is 4.56. The molecule has 0 bridgehead atoms. The van der Waals surface area contributed by atoms with Crippen LogP contribution < -0.4 is 4.74 Å². The van der Waals surface area contributed by atoms with Crippen LogP contribution in [0.15, 0.2) is 24.3 Å². The number of benzene rings is 1. The number of hydrogen-bond donors (Lipinski definition) is 1. The van der Waals surface area contributed by atoms with E-state index in [1.54, 1.807) is 12.1 Å². The van der Waals surface area contributed by atoms with Crippen LogP contribution >= 0.6 is 0 Å². The first-order valence-corrected chi connectivity index (χ1v) is 5.48. The van der Waals surface area contributed by atoms with Crippen LogP contribution in [0, 0.1) is 0 Å². The van der Waals surface area contributed by atoms with Crippen molar-refractivity contribution in [3.8, 4) is 5.75 Å². The van der Waals surface area contributed by atoms with Gasteiger partial charge in [-0.3, -0.25) is 0 Å². The molecule has 1 N–H and O–H groups in total. The predicted octanol–water partition coefficient (Wildman–Crippen LogP) is 3.21. The molecular formula is C12H13F3O2. The van der Waals surface area contributed by atoms with Gasteiger partial charge in [0.2, 0.25) is 0 Å². The van der Waals surface area contributed by atoms with E-state index in [4.69, 9.17) is 0 Å². The van der Waals surface area contributed by atoms with Gasteiger partial charge in [0.1, 0.15) is 5.75 Å². The summed E-state index contributed by atoms with van der Waals surface area (Å²) in [5, 5.41) is 9.39. The SMILES string of the molecule is OC1CCC(c2ccc(OC(F)(F)F)cc2)C1. The van der Waals surface area contributed by atoms with E-state index in [-0.39, 0.29) is 17.8 Å². The number of ether oxygens (including phenoxy) is 1. The van der Waals surface area contributed by atoms with Crippen LogP contribution in [0.4, 0.5) is 13.2 Å². The molecule has 94 valence electrons. The van der Waals surface area contributed by atoms with Crippen LogP contribution in [0.1, 0.15) is 30.7 Å². The summed E-state index contributed by atoms with van der Waals surface area (Å²) in [4.78, 5) is 0. The van der Waals surface area contributed by atoms with Crippen LogP contribution in [-0.2, 0) is 0 Å². The summed E-state index contributed by atoms with van der Waals surface area (Å²) in [6.45, 7) is 0. The Morgan fingerprint density at radius 3 is 2.24 bits per heavy atom. The quantitative estimate of drug-likeness (QED) is 0.868. The van der Waals surface area contributed by atoms with Crippen molar-refractivity contribution in [2.45, 2.75) is 37.6 Å². The summed E-state index contributed by atoms with van der Waals surface area (Å²) in [5.74, 6) is 0.0322. The number of aliphatic hydroxyl groups excluding tert-OH is 1. The molecule has 0 amide bonds. The Balaban J connectivity index is 2.03. The lowest BCUT2D eigenvalue weighted by atomic mass is 9.98. The van der Waals surface area contributed by atoms with Gasteiger partial charge in [0.25, 0.3) is 0 Å². The molecule has 1 saturated carbocycles. The highest BCUT2D eigenvalue weighted by molar-refractivity contribution is 5.30. The van der Waals surface area contributed by atoms with E-state index in [0.717, 1.165) is 18.4 Å². The third kappa shape index (κ3) is 3.36. The predicted molar refractivity (Wildman–Crippen MR) is 55.7 cm³/mol. The second-order valence-corrected chi connectivity index (χ2v) is 4.28. The smallest absolute Gasteiger partial charge is 0.406 e. The van der Waals surface area contributed by atoms with E-state index >= 15 is 0 Å². The van der Waals surface area contributed by atoms with E-state index in [0.29, 0.717) is 6.42 Å². The minimum Gasteiger partial charge on any atom is -0.406 e. The Morgan fingerprint density at radius 2 is 1.76 bits per heavy atom. The zero-order valence-corrected chi connectivity index (χ0v) is 9.07. The van der Waals surface area contributed by atoms with Gasteiger partial charge in [-0.1, -0.05) is 12.1 Å². The summed E-state index contributed by atoms with van der Waals surface area (Å²) in [6.07, 6.45) is -2.62. The van der Waals surface area contributed by atoms with Crippen LogP contribution in [0.25, 0.3) is 0 Å². The van der Waals surface area contributed by atoms with Gasteiger partial charge in [0, 0.05) is 0 Å². The largest absolute Gasteiger partial charge is 0.573 e. The lowest BCUT2D eigenvalue weighted by Gasteiger charge is -2.12. The Bertz CT molecular complexity index is 372. The Hall–Kier alpha value is -1.23. The standard InChI is InChI=1S/C12H13F3O2/c13-12(14,15)17-11-5-2-8(3-6-11)9-1-4-10(16)7-9/h2-3,5-6,9-10,16H,1,4,7H2. The number of hydrogen-bond acceptors (Lipinski definition) is 2. The fraction of sp³-hybridized carbons (Fsp3) is 0.500. The zero-order valence-electron chi connectivity index (χ0n) is 9.07. The fourth-order valence-electron chi connectivity index (χ4n) is 2.20. The first kappa shape index (κ1) is 12.2. The van der Waals surface area contributed by atoms with E-state index in [1.165, 1.54) is 12.1 Å². The van der Waals surface area contributed by atoms with Crippen molar-refractivity contribution in [1.82, 2.24) is 0 Å². The average molecular weight is 246 g/mol. The van der Waals surface area contributed by atoms with Crippen molar-refractivity contribution in [1.29, 1.82) is 0 Å². The Labute approximate surface area is 97.0 Å². The van der Waals surface area contributed by atoms with Crippen molar-refractivity contribution in [3.63, 3.8) is 0 Å². The topological polar surface area (TPSA) is 29.5 Å². The molecule has 0 aromatic heterocycles. The molecule has 0 heterocycles. The lowest BCUT2D eigenvalue weighted by molar-refractivity contribution is -0.274. The highest BCUT2D eigenvalue weighted by Gasteiger charge is 2.31. The second-order valence-electron chi connectivity index (χ2n) is 4.28. The molecule has 2 nitrogen and oxygen atoms in total. The molecule has 2 atom stereocenters. The molecule has 0 saturated heterocycles. The number of aliphatic hydroxyl groups is 1. The van der Waals surface area contributed by atoms with Crippen LogP contribution in [0.2, 0.25) is 0 Å². The van der Waals surface area contributed by atoms with E-state index in [9.17, 15) is 18.3 Å².